The Balaban J connectivity index is 1.48. The molecule has 1 saturated heterocycles. The molecule has 1 aliphatic heterocycles. The Morgan fingerprint density at radius 1 is 1.52 bits per heavy atom. The van der Waals surface area contributed by atoms with Crippen molar-refractivity contribution in [3.05, 3.63) is 37.3 Å². The van der Waals surface area contributed by atoms with Crippen LogP contribution in [0.1, 0.15) is 6.42 Å². The minimum absolute atomic E-state index is 0.0319. The van der Waals surface area contributed by atoms with Crippen molar-refractivity contribution in [1.29, 1.82) is 0 Å². The minimum Gasteiger partial charge on any atom is -0.477 e. The number of aromatic amines is 1. The number of hydrogen-bond acceptors (Lipinski definition) is 6. The molecule has 4 heterocycles. The van der Waals surface area contributed by atoms with Crippen LogP contribution in [0.25, 0.3) is 11.0 Å². The van der Waals surface area contributed by atoms with E-state index in [1.54, 1.807) is 22.0 Å². The lowest BCUT2D eigenvalue weighted by molar-refractivity contribution is -0.125. The number of ether oxygens (including phenoxy) is 1. The van der Waals surface area contributed by atoms with E-state index in [2.05, 4.69) is 31.9 Å². The summed E-state index contributed by atoms with van der Waals surface area (Å²) >= 11 is 0. The van der Waals surface area contributed by atoms with Gasteiger partial charge in [-0.1, -0.05) is 6.58 Å². The summed E-state index contributed by atoms with van der Waals surface area (Å²) in [5.41, 5.74) is 1.49. The van der Waals surface area contributed by atoms with Crippen LogP contribution in [0.4, 0.5) is 11.6 Å². The van der Waals surface area contributed by atoms with Gasteiger partial charge in [-0.2, -0.15) is 15.1 Å². The minimum atomic E-state index is -0.0319. The Morgan fingerprint density at radius 2 is 2.41 bits per heavy atom. The van der Waals surface area contributed by atoms with Gasteiger partial charge in [0.05, 0.1) is 23.9 Å². The van der Waals surface area contributed by atoms with Gasteiger partial charge >= 0.3 is 0 Å². The number of aryl methyl sites for hydroxylation is 1. The lowest BCUT2D eigenvalue weighted by Gasteiger charge is -2.15. The van der Waals surface area contributed by atoms with Gasteiger partial charge in [0, 0.05) is 38.4 Å². The van der Waals surface area contributed by atoms with Gasteiger partial charge in [0.15, 0.2) is 0 Å². The zero-order valence-electron chi connectivity index (χ0n) is 15.1. The number of carbonyl (C=O) groups excluding carboxylic acids is 1. The molecule has 0 bridgehead atoms. The molecular formula is C18H21N7O2. The van der Waals surface area contributed by atoms with Crippen molar-refractivity contribution < 1.29 is 9.53 Å². The fourth-order valence-corrected chi connectivity index (χ4v) is 3.19. The van der Waals surface area contributed by atoms with Crippen molar-refractivity contribution in [2.24, 2.45) is 13.0 Å². The summed E-state index contributed by atoms with van der Waals surface area (Å²) in [6, 6.07) is 1.89. The number of H-pyrrole nitrogens is 1. The maximum absolute atomic E-state index is 11.7. The normalized spacial score (nSPS) is 16.6. The van der Waals surface area contributed by atoms with Gasteiger partial charge in [0.25, 0.3) is 0 Å². The average Bonchev–Trinajstić information content (AvgIpc) is 3.40. The van der Waals surface area contributed by atoms with Crippen LogP contribution in [0.15, 0.2) is 37.3 Å². The molecule has 0 aromatic carbocycles. The summed E-state index contributed by atoms with van der Waals surface area (Å²) in [6.45, 7) is 5.44. The van der Waals surface area contributed by atoms with Crippen LogP contribution in [0.2, 0.25) is 0 Å². The van der Waals surface area contributed by atoms with Crippen molar-refractivity contribution in [3.63, 3.8) is 0 Å². The van der Waals surface area contributed by atoms with E-state index in [1.165, 1.54) is 6.08 Å². The number of nitrogens with zero attached hydrogens (tertiary/aromatic N) is 5. The third-order valence-electron chi connectivity index (χ3n) is 4.57. The van der Waals surface area contributed by atoms with Gasteiger partial charge in [-0.15, -0.1) is 0 Å². The van der Waals surface area contributed by atoms with E-state index in [4.69, 9.17) is 4.74 Å². The topological polar surface area (TPSA) is 101 Å². The van der Waals surface area contributed by atoms with Crippen LogP contribution in [-0.2, 0) is 11.8 Å². The molecule has 1 fully saturated rings. The largest absolute Gasteiger partial charge is 0.477 e. The molecule has 1 unspecified atom stereocenters. The SMILES string of the molecule is C=CC(=O)N1CCC(COc2nc(Nc3cnn(C)c3)nc3[nH]ccc23)C1. The average molecular weight is 367 g/mol. The first-order chi connectivity index (χ1) is 13.1. The number of anilines is 2. The highest BCUT2D eigenvalue weighted by Crippen LogP contribution is 2.26. The van der Waals surface area contributed by atoms with Crippen LogP contribution in [-0.4, -0.2) is 55.2 Å². The molecular weight excluding hydrogens is 346 g/mol. The number of aromatic nitrogens is 5. The maximum Gasteiger partial charge on any atom is 0.245 e. The third-order valence-corrected chi connectivity index (χ3v) is 4.57. The Labute approximate surface area is 156 Å². The van der Waals surface area contributed by atoms with Crippen LogP contribution in [0.5, 0.6) is 5.88 Å². The molecule has 140 valence electrons. The van der Waals surface area contributed by atoms with Crippen molar-refractivity contribution in [3.8, 4) is 5.88 Å². The lowest BCUT2D eigenvalue weighted by Crippen LogP contribution is -2.27. The highest BCUT2D eigenvalue weighted by molar-refractivity contribution is 5.87. The fraction of sp³-hybridized carbons (Fsp3) is 0.333. The monoisotopic (exact) mass is 367 g/mol. The molecule has 0 radical (unpaired) electrons. The van der Waals surface area contributed by atoms with Crippen LogP contribution < -0.4 is 10.1 Å². The van der Waals surface area contributed by atoms with Gasteiger partial charge in [0.1, 0.15) is 5.65 Å². The second-order valence-electron chi connectivity index (χ2n) is 6.57. The molecule has 3 aromatic heterocycles. The number of rotatable bonds is 6. The third kappa shape index (κ3) is 3.62. The first-order valence-corrected chi connectivity index (χ1v) is 8.77. The number of carbonyl (C=O) groups is 1. The van der Waals surface area contributed by atoms with Crippen molar-refractivity contribution >= 4 is 28.6 Å². The van der Waals surface area contributed by atoms with E-state index < -0.39 is 0 Å². The number of fused-ring (bicyclic) bond motifs is 1. The van der Waals surface area contributed by atoms with Gasteiger partial charge in [0.2, 0.25) is 17.7 Å². The zero-order chi connectivity index (χ0) is 18.8. The first-order valence-electron chi connectivity index (χ1n) is 8.77. The molecule has 9 heteroatoms. The summed E-state index contributed by atoms with van der Waals surface area (Å²) in [5.74, 6) is 1.19. The second kappa shape index (κ2) is 7.10. The van der Waals surface area contributed by atoms with Gasteiger partial charge in [-0.05, 0) is 18.6 Å². The molecule has 0 saturated carbocycles. The number of hydrogen-bond donors (Lipinski definition) is 2. The van der Waals surface area contributed by atoms with Crippen molar-refractivity contribution in [1.82, 2.24) is 29.6 Å². The zero-order valence-corrected chi connectivity index (χ0v) is 15.1. The Kier molecular flexibility index (Phi) is 4.49. The molecule has 3 aromatic rings. The molecule has 0 aliphatic carbocycles. The lowest BCUT2D eigenvalue weighted by atomic mass is 10.1. The Morgan fingerprint density at radius 3 is 3.19 bits per heavy atom. The van der Waals surface area contributed by atoms with Crippen LogP contribution in [0.3, 0.4) is 0 Å². The number of likely N-dealkylation sites (tertiary alicyclic amines) is 1. The highest BCUT2D eigenvalue weighted by Gasteiger charge is 2.25. The van der Waals surface area contributed by atoms with E-state index >= 15 is 0 Å². The quantitative estimate of drug-likeness (QED) is 0.645. The summed E-state index contributed by atoms with van der Waals surface area (Å²) in [4.78, 5) is 25.6. The summed E-state index contributed by atoms with van der Waals surface area (Å²) in [5, 5.41) is 8.08. The van der Waals surface area contributed by atoms with E-state index in [9.17, 15) is 4.79 Å². The summed E-state index contributed by atoms with van der Waals surface area (Å²) in [6.07, 6.45) is 7.61. The molecule has 1 aliphatic rings. The summed E-state index contributed by atoms with van der Waals surface area (Å²) < 4.78 is 7.71. The van der Waals surface area contributed by atoms with E-state index in [-0.39, 0.29) is 11.8 Å². The highest BCUT2D eigenvalue weighted by atomic mass is 16.5. The Bertz CT molecular complexity index is 977. The van der Waals surface area contributed by atoms with Gasteiger partial charge in [-0.25, -0.2) is 0 Å². The van der Waals surface area contributed by atoms with E-state index in [1.807, 2.05) is 19.3 Å². The first kappa shape index (κ1) is 17.1. The standard InChI is InChI=1S/C18H21N7O2/c1-3-15(26)25-7-5-12(9-25)11-27-17-14-4-6-19-16(14)22-18(23-17)21-13-8-20-24(2)10-13/h3-4,6,8,10,12H,1,5,7,9,11H2,2H3,(H2,19,21,22,23). The van der Waals surface area contributed by atoms with Gasteiger partial charge in [-0.3, -0.25) is 9.48 Å². The molecule has 27 heavy (non-hydrogen) atoms. The smallest absolute Gasteiger partial charge is 0.245 e. The van der Waals surface area contributed by atoms with Crippen LogP contribution >= 0.6 is 0 Å². The maximum atomic E-state index is 11.7. The molecule has 4 rings (SSSR count). The predicted molar refractivity (Wildman–Crippen MR) is 101 cm³/mol. The molecule has 1 atom stereocenters. The van der Waals surface area contributed by atoms with Crippen molar-refractivity contribution in [2.45, 2.75) is 6.42 Å². The van der Waals surface area contributed by atoms with Gasteiger partial charge < -0.3 is 19.9 Å². The number of amides is 1. The second-order valence-corrected chi connectivity index (χ2v) is 6.57. The molecule has 1 amide bonds. The Hall–Kier alpha value is -3.36. The predicted octanol–water partition coefficient (Wildman–Crippen LogP) is 1.85. The molecule has 9 nitrogen and oxygen atoms in total. The van der Waals surface area contributed by atoms with E-state index in [0.29, 0.717) is 30.6 Å². The summed E-state index contributed by atoms with van der Waals surface area (Å²) in [7, 11) is 1.84. The molecule has 2 N–H and O–H groups in total. The van der Waals surface area contributed by atoms with Crippen LogP contribution in [0, 0.1) is 5.92 Å². The number of nitrogens with one attached hydrogen (secondary N) is 2. The van der Waals surface area contributed by atoms with E-state index in [0.717, 1.165) is 24.0 Å². The fourth-order valence-electron chi connectivity index (χ4n) is 3.19. The van der Waals surface area contributed by atoms with Crippen molar-refractivity contribution in [2.75, 3.05) is 25.0 Å². The molecule has 0 spiro atoms.